The second-order valence-corrected chi connectivity index (χ2v) is 3.44. The van der Waals surface area contributed by atoms with Crippen molar-refractivity contribution in [2.75, 3.05) is 5.32 Å². The number of anilines is 1. The van der Waals surface area contributed by atoms with Gasteiger partial charge < -0.3 is 10.1 Å². The van der Waals surface area contributed by atoms with Crippen LogP contribution in [0, 0.1) is 11.3 Å². The maximum atomic E-state index is 8.79. The molecule has 2 aromatic rings. The highest BCUT2D eigenvalue weighted by atomic mass is 16.5. The van der Waals surface area contributed by atoms with E-state index in [0.29, 0.717) is 5.56 Å². The Labute approximate surface area is 91.8 Å². The fraction of sp³-hybridized carbons (Fsp3) is 0. The summed E-state index contributed by atoms with van der Waals surface area (Å²) in [6.45, 7) is 0. The summed E-state index contributed by atoms with van der Waals surface area (Å²) >= 11 is 0. The minimum absolute atomic E-state index is 0.555. The molecule has 4 heteroatoms. The Morgan fingerprint density at radius 2 is 2.25 bits per heavy atom. The molecular formula is C12H7N3O. The predicted molar refractivity (Wildman–Crippen MR) is 59.8 cm³/mol. The number of nitriles is 1. The first kappa shape index (κ1) is 8.74. The van der Waals surface area contributed by atoms with Gasteiger partial charge in [0.15, 0.2) is 5.75 Å². The van der Waals surface area contributed by atoms with Crippen molar-refractivity contribution in [3.8, 4) is 11.8 Å². The molecule has 76 valence electrons. The molecule has 0 fully saturated rings. The Kier molecular flexibility index (Phi) is 1.77. The van der Waals surface area contributed by atoms with Gasteiger partial charge in [-0.1, -0.05) is 0 Å². The van der Waals surface area contributed by atoms with Crippen LogP contribution in [0.1, 0.15) is 5.56 Å². The molecule has 2 heterocycles. The van der Waals surface area contributed by atoms with Crippen LogP contribution in [0.4, 0.5) is 5.69 Å². The number of benzene rings is 1. The molecule has 0 saturated heterocycles. The summed E-state index contributed by atoms with van der Waals surface area (Å²) in [6.07, 6.45) is 4.86. The molecule has 0 amide bonds. The van der Waals surface area contributed by atoms with Gasteiger partial charge in [0, 0.05) is 23.8 Å². The topological polar surface area (TPSA) is 57.9 Å². The molecule has 0 spiro atoms. The van der Waals surface area contributed by atoms with Gasteiger partial charge in [0.1, 0.15) is 12.3 Å². The monoisotopic (exact) mass is 209 g/mol. The molecule has 4 nitrogen and oxygen atoms in total. The van der Waals surface area contributed by atoms with E-state index in [9.17, 15) is 0 Å². The third-order valence-electron chi connectivity index (χ3n) is 2.41. The number of pyridine rings is 1. The fourth-order valence-corrected chi connectivity index (χ4v) is 1.66. The van der Waals surface area contributed by atoms with Crippen molar-refractivity contribution < 1.29 is 4.74 Å². The zero-order valence-corrected chi connectivity index (χ0v) is 8.27. The lowest BCUT2D eigenvalue weighted by Crippen LogP contribution is -1.99. The number of ether oxygens (including phenoxy) is 1. The molecule has 1 aromatic heterocycles. The minimum atomic E-state index is 0.555. The lowest BCUT2D eigenvalue weighted by molar-refractivity contribution is 0.478. The Bertz CT molecular complexity index is 640. The summed E-state index contributed by atoms with van der Waals surface area (Å²) in [6, 6.07) is 7.65. The Hall–Kier alpha value is -2.54. The molecule has 0 saturated carbocycles. The smallest absolute Gasteiger partial charge is 0.152 e. The van der Waals surface area contributed by atoms with Crippen molar-refractivity contribution in [3.63, 3.8) is 0 Å². The molecule has 0 radical (unpaired) electrons. The summed E-state index contributed by atoms with van der Waals surface area (Å²) in [7, 11) is 0. The Morgan fingerprint density at radius 1 is 1.31 bits per heavy atom. The average molecular weight is 209 g/mol. The van der Waals surface area contributed by atoms with E-state index >= 15 is 0 Å². The molecular weight excluding hydrogens is 202 g/mol. The van der Waals surface area contributed by atoms with Crippen LogP contribution in [0.2, 0.25) is 0 Å². The van der Waals surface area contributed by atoms with Gasteiger partial charge in [-0.25, -0.2) is 0 Å². The lowest BCUT2D eigenvalue weighted by atomic mass is 10.1. The quantitative estimate of drug-likeness (QED) is 0.723. The van der Waals surface area contributed by atoms with Gasteiger partial charge in [0.25, 0.3) is 0 Å². The summed E-state index contributed by atoms with van der Waals surface area (Å²) < 4.78 is 5.34. The van der Waals surface area contributed by atoms with E-state index in [-0.39, 0.29) is 0 Å². The van der Waals surface area contributed by atoms with E-state index in [0.717, 1.165) is 22.3 Å². The minimum Gasteiger partial charge on any atom is -0.461 e. The van der Waals surface area contributed by atoms with Crippen molar-refractivity contribution >= 4 is 16.6 Å². The van der Waals surface area contributed by atoms with Gasteiger partial charge in [-0.3, -0.25) is 4.98 Å². The number of rotatable bonds is 0. The lowest BCUT2D eigenvalue weighted by Gasteiger charge is -2.13. The van der Waals surface area contributed by atoms with Gasteiger partial charge in [0.2, 0.25) is 0 Å². The Morgan fingerprint density at radius 3 is 3.12 bits per heavy atom. The van der Waals surface area contributed by atoms with Gasteiger partial charge >= 0.3 is 0 Å². The van der Waals surface area contributed by atoms with Crippen LogP contribution in [0.5, 0.6) is 5.75 Å². The van der Waals surface area contributed by atoms with Crippen LogP contribution >= 0.6 is 0 Å². The van der Waals surface area contributed by atoms with Crippen molar-refractivity contribution in [2.24, 2.45) is 0 Å². The van der Waals surface area contributed by atoms with Crippen molar-refractivity contribution in [2.45, 2.75) is 0 Å². The van der Waals surface area contributed by atoms with Crippen molar-refractivity contribution in [3.05, 3.63) is 42.4 Å². The highest BCUT2D eigenvalue weighted by molar-refractivity contribution is 5.87. The molecule has 1 aliphatic heterocycles. The predicted octanol–water partition coefficient (Wildman–Crippen LogP) is 2.38. The van der Waals surface area contributed by atoms with Crippen LogP contribution in [0.3, 0.4) is 0 Å². The number of hydrogen-bond donors (Lipinski definition) is 1. The van der Waals surface area contributed by atoms with Crippen LogP contribution < -0.4 is 10.1 Å². The summed E-state index contributed by atoms with van der Waals surface area (Å²) in [5.74, 6) is 0.743. The maximum Gasteiger partial charge on any atom is 0.152 e. The van der Waals surface area contributed by atoms with E-state index in [2.05, 4.69) is 16.4 Å². The SMILES string of the molecule is N#Cc1cnc2cc3c(cc2c1)NC=CO3. The molecule has 3 rings (SSSR count). The highest BCUT2D eigenvalue weighted by Crippen LogP contribution is 2.31. The average Bonchev–Trinajstić information content (AvgIpc) is 2.35. The van der Waals surface area contributed by atoms with Crippen LogP contribution in [0.15, 0.2) is 36.9 Å². The van der Waals surface area contributed by atoms with Gasteiger partial charge in [0.05, 0.1) is 16.8 Å². The van der Waals surface area contributed by atoms with Crippen LogP contribution in [-0.4, -0.2) is 4.98 Å². The molecule has 1 N–H and O–H groups in total. The fourth-order valence-electron chi connectivity index (χ4n) is 1.66. The summed E-state index contributed by atoms with van der Waals surface area (Å²) in [5.41, 5.74) is 2.25. The zero-order valence-electron chi connectivity index (χ0n) is 8.27. The standard InChI is InChI=1S/C12H7N3O/c13-6-8-3-9-4-11-12(16-2-1-14-11)5-10(9)15-7-8/h1-5,7,14H. The van der Waals surface area contributed by atoms with E-state index in [1.54, 1.807) is 18.7 Å². The number of nitrogens with zero attached hydrogens (tertiary/aromatic N) is 2. The van der Waals surface area contributed by atoms with Gasteiger partial charge in [-0.2, -0.15) is 5.26 Å². The second-order valence-electron chi connectivity index (χ2n) is 3.44. The summed E-state index contributed by atoms with van der Waals surface area (Å²) in [4.78, 5) is 4.21. The van der Waals surface area contributed by atoms with Gasteiger partial charge in [-0.05, 0) is 12.1 Å². The summed E-state index contributed by atoms with van der Waals surface area (Å²) in [5, 5.41) is 12.8. The van der Waals surface area contributed by atoms with Crippen LogP contribution in [0.25, 0.3) is 10.9 Å². The number of aromatic nitrogens is 1. The largest absolute Gasteiger partial charge is 0.461 e. The first-order chi connectivity index (χ1) is 7.86. The first-order valence-electron chi connectivity index (χ1n) is 4.79. The molecule has 0 unspecified atom stereocenters. The normalized spacial score (nSPS) is 12.4. The Balaban J connectivity index is 2.26. The zero-order chi connectivity index (χ0) is 11.0. The van der Waals surface area contributed by atoms with E-state index in [1.165, 1.54) is 0 Å². The maximum absolute atomic E-state index is 8.79. The number of hydrogen-bond acceptors (Lipinski definition) is 4. The van der Waals surface area contributed by atoms with Crippen molar-refractivity contribution in [1.29, 1.82) is 5.26 Å². The highest BCUT2D eigenvalue weighted by Gasteiger charge is 2.08. The van der Waals surface area contributed by atoms with E-state index in [4.69, 9.17) is 10.00 Å². The number of nitrogens with one attached hydrogen (secondary N) is 1. The third kappa shape index (κ3) is 1.27. The second kappa shape index (κ2) is 3.24. The number of fused-ring (bicyclic) bond motifs is 2. The molecule has 16 heavy (non-hydrogen) atoms. The molecule has 1 aromatic carbocycles. The molecule has 0 bridgehead atoms. The third-order valence-corrected chi connectivity index (χ3v) is 2.41. The first-order valence-corrected chi connectivity index (χ1v) is 4.79. The van der Waals surface area contributed by atoms with Crippen molar-refractivity contribution in [1.82, 2.24) is 4.98 Å². The molecule has 0 aliphatic carbocycles. The van der Waals surface area contributed by atoms with E-state index in [1.807, 2.05) is 18.2 Å². The molecule has 0 atom stereocenters. The van der Waals surface area contributed by atoms with Crippen LogP contribution in [-0.2, 0) is 0 Å². The van der Waals surface area contributed by atoms with Gasteiger partial charge in [-0.15, -0.1) is 0 Å². The molecule has 1 aliphatic rings. The van der Waals surface area contributed by atoms with E-state index < -0.39 is 0 Å².